The first-order valence-electron chi connectivity index (χ1n) is 6.51. The molecule has 2 unspecified atom stereocenters. The van der Waals surface area contributed by atoms with Gasteiger partial charge in [0.15, 0.2) is 0 Å². The molecule has 4 heteroatoms. The van der Waals surface area contributed by atoms with E-state index in [4.69, 9.17) is 5.73 Å². The second-order valence-electron chi connectivity index (χ2n) is 6.47. The molecule has 1 aromatic rings. The summed E-state index contributed by atoms with van der Waals surface area (Å²) in [5, 5.41) is 0. The fourth-order valence-corrected chi connectivity index (χ4v) is 2.91. The van der Waals surface area contributed by atoms with Crippen LogP contribution in [0.5, 0.6) is 0 Å². The summed E-state index contributed by atoms with van der Waals surface area (Å²) in [6.07, 6.45) is 1.54. The van der Waals surface area contributed by atoms with Crippen LogP contribution in [0, 0.1) is 23.0 Å². The number of hydrogen-bond donors (Lipinski definition) is 1. The maximum atomic E-state index is 13.9. The third-order valence-electron chi connectivity index (χ3n) is 3.07. The first-order valence-corrected chi connectivity index (χ1v) is 7.30. The van der Waals surface area contributed by atoms with Gasteiger partial charge < -0.3 is 5.73 Å². The first-order chi connectivity index (χ1) is 8.61. The van der Waals surface area contributed by atoms with Crippen LogP contribution < -0.4 is 5.73 Å². The lowest BCUT2D eigenvalue weighted by atomic mass is 9.82. The predicted octanol–water partition coefficient (Wildman–Crippen LogP) is 5.19. The van der Waals surface area contributed by atoms with Crippen LogP contribution in [0.2, 0.25) is 0 Å². The van der Waals surface area contributed by atoms with Gasteiger partial charge >= 0.3 is 0 Å². The molecular weight excluding hydrogens is 312 g/mol. The molecule has 0 fully saturated rings. The van der Waals surface area contributed by atoms with Gasteiger partial charge in [0, 0.05) is 11.6 Å². The van der Waals surface area contributed by atoms with Gasteiger partial charge in [0.2, 0.25) is 0 Å². The highest BCUT2D eigenvalue weighted by Crippen LogP contribution is 2.32. The van der Waals surface area contributed by atoms with Gasteiger partial charge in [-0.15, -0.1) is 0 Å². The summed E-state index contributed by atoms with van der Waals surface area (Å²) in [4.78, 5) is 0. The average molecular weight is 334 g/mol. The van der Waals surface area contributed by atoms with Crippen molar-refractivity contribution < 1.29 is 8.78 Å². The normalized spacial score (nSPS) is 15.4. The van der Waals surface area contributed by atoms with Crippen LogP contribution in [0.3, 0.4) is 0 Å². The van der Waals surface area contributed by atoms with Crippen LogP contribution in [0.15, 0.2) is 16.6 Å². The maximum absolute atomic E-state index is 13.9. The molecule has 0 amide bonds. The van der Waals surface area contributed by atoms with Crippen molar-refractivity contribution in [2.75, 3.05) is 0 Å². The van der Waals surface area contributed by atoms with Crippen LogP contribution in [0.1, 0.15) is 52.1 Å². The molecule has 0 radical (unpaired) electrons. The molecule has 0 heterocycles. The van der Waals surface area contributed by atoms with Crippen LogP contribution in [0.4, 0.5) is 8.78 Å². The fraction of sp³-hybridized carbons (Fsp3) is 0.600. The lowest BCUT2D eigenvalue weighted by Crippen LogP contribution is -2.20. The molecular formula is C15H22BrF2N. The molecule has 0 aliphatic carbocycles. The van der Waals surface area contributed by atoms with Crippen LogP contribution in [-0.4, -0.2) is 0 Å². The van der Waals surface area contributed by atoms with Crippen molar-refractivity contribution in [1.29, 1.82) is 0 Å². The van der Waals surface area contributed by atoms with Crippen LogP contribution in [-0.2, 0) is 0 Å². The zero-order valence-corrected chi connectivity index (χ0v) is 13.5. The highest BCUT2D eigenvalue weighted by atomic mass is 79.9. The summed E-state index contributed by atoms with van der Waals surface area (Å²) in [7, 11) is 0. The number of hydrogen-bond acceptors (Lipinski definition) is 1. The molecule has 0 aliphatic heterocycles. The molecule has 0 aromatic heterocycles. The fourth-order valence-electron chi connectivity index (χ4n) is 2.56. The second-order valence-corrected chi connectivity index (χ2v) is 7.32. The molecule has 0 saturated carbocycles. The Labute approximate surface area is 122 Å². The monoisotopic (exact) mass is 333 g/mol. The highest BCUT2D eigenvalue weighted by Gasteiger charge is 2.23. The Morgan fingerprint density at radius 2 is 1.84 bits per heavy atom. The van der Waals surface area contributed by atoms with Gasteiger partial charge in [0.25, 0.3) is 0 Å². The average Bonchev–Trinajstić information content (AvgIpc) is 2.21. The molecule has 1 rings (SSSR count). The quantitative estimate of drug-likeness (QED) is 0.754. The summed E-state index contributed by atoms with van der Waals surface area (Å²) < 4.78 is 27.9. The maximum Gasteiger partial charge on any atom is 0.145 e. The highest BCUT2D eigenvalue weighted by molar-refractivity contribution is 9.10. The topological polar surface area (TPSA) is 26.0 Å². The van der Waals surface area contributed by atoms with E-state index >= 15 is 0 Å². The van der Waals surface area contributed by atoms with Gasteiger partial charge in [-0.05, 0) is 52.2 Å². The van der Waals surface area contributed by atoms with Crippen LogP contribution in [0.25, 0.3) is 0 Å². The summed E-state index contributed by atoms with van der Waals surface area (Å²) >= 11 is 3.07. The third-order valence-corrected chi connectivity index (χ3v) is 3.68. The van der Waals surface area contributed by atoms with Crippen molar-refractivity contribution in [3.63, 3.8) is 0 Å². The smallest absolute Gasteiger partial charge is 0.145 e. The first kappa shape index (κ1) is 16.6. The largest absolute Gasteiger partial charge is 0.324 e. The Morgan fingerprint density at radius 1 is 1.26 bits per heavy atom. The molecule has 0 bridgehead atoms. The van der Waals surface area contributed by atoms with Crippen molar-refractivity contribution >= 4 is 15.9 Å². The molecule has 1 nitrogen and oxygen atoms in total. The minimum absolute atomic E-state index is 0.0184. The standard InChI is InChI=1S/C15H22BrF2N/c1-9(8-15(2,3)4)7-12(19)13-11(17)6-5-10(16)14(13)18/h5-6,9,12H,7-8,19H2,1-4H3. The van der Waals surface area contributed by atoms with E-state index in [0.717, 1.165) is 6.42 Å². The van der Waals surface area contributed by atoms with Crippen molar-refractivity contribution in [2.45, 2.75) is 46.6 Å². The van der Waals surface area contributed by atoms with Crippen molar-refractivity contribution in [2.24, 2.45) is 17.1 Å². The van der Waals surface area contributed by atoms with Gasteiger partial charge in [-0.25, -0.2) is 8.78 Å². The van der Waals surface area contributed by atoms with E-state index in [1.54, 1.807) is 0 Å². The van der Waals surface area contributed by atoms with E-state index in [1.165, 1.54) is 12.1 Å². The Kier molecular flexibility index (Phi) is 5.51. The zero-order chi connectivity index (χ0) is 14.8. The van der Waals surface area contributed by atoms with Gasteiger partial charge in [-0.3, -0.25) is 0 Å². The zero-order valence-electron chi connectivity index (χ0n) is 11.9. The van der Waals surface area contributed by atoms with Gasteiger partial charge in [0.1, 0.15) is 11.6 Å². The van der Waals surface area contributed by atoms with E-state index in [9.17, 15) is 8.78 Å². The lowest BCUT2D eigenvalue weighted by molar-refractivity contribution is 0.284. The van der Waals surface area contributed by atoms with Crippen molar-refractivity contribution in [1.82, 2.24) is 0 Å². The lowest BCUT2D eigenvalue weighted by Gasteiger charge is -2.25. The minimum Gasteiger partial charge on any atom is -0.324 e. The van der Waals surface area contributed by atoms with Crippen molar-refractivity contribution in [3.8, 4) is 0 Å². The Bertz CT molecular complexity index is 441. The second kappa shape index (κ2) is 6.31. The summed E-state index contributed by atoms with van der Waals surface area (Å²) in [6, 6.07) is 1.99. The Hall–Kier alpha value is -0.480. The third kappa shape index (κ3) is 4.84. The Morgan fingerprint density at radius 3 is 2.37 bits per heavy atom. The number of halogens is 3. The van der Waals surface area contributed by atoms with E-state index in [2.05, 4.69) is 43.6 Å². The molecule has 19 heavy (non-hydrogen) atoms. The van der Waals surface area contributed by atoms with Crippen molar-refractivity contribution in [3.05, 3.63) is 33.8 Å². The summed E-state index contributed by atoms with van der Waals surface area (Å²) in [6.45, 7) is 8.51. The van der Waals surface area contributed by atoms with E-state index in [-0.39, 0.29) is 15.5 Å². The van der Waals surface area contributed by atoms with E-state index < -0.39 is 17.7 Å². The van der Waals surface area contributed by atoms with Crippen LogP contribution >= 0.6 is 15.9 Å². The summed E-state index contributed by atoms with van der Waals surface area (Å²) in [5.41, 5.74) is 6.15. The molecule has 2 N–H and O–H groups in total. The molecule has 0 spiro atoms. The molecule has 1 aromatic carbocycles. The molecule has 2 atom stereocenters. The number of benzene rings is 1. The number of rotatable bonds is 4. The molecule has 0 aliphatic rings. The molecule has 0 saturated heterocycles. The predicted molar refractivity (Wildman–Crippen MR) is 78.8 cm³/mol. The number of nitrogens with two attached hydrogens (primary N) is 1. The van der Waals surface area contributed by atoms with Gasteiger partial charge in [-0.1, -0.05) is 27.7 Å². The molecule has 108 valence electrons. The van der Waals surface area contributed by atoms with E-state index in [1.807, 2.05) is 0 Å². The SMILES string of the molecule is CC(CC(N)c1c(F)ccc(Br)c1F)CC(C)(C)C. The summed E-state index contributed by atoms with van der Waals surface area (Å²) in [5.74, 6) is -0.848. The van der Waals surface area contributed by atoms with E-state index in [0.29, 0.717) is 12.3 Å². The van der Waals surface area contributed by atoms with Gasteiger partial charge in [-0.2, -0.15) is 0 Å². The minimum atomic E-state index is -0.616. The van der Waals surface area contributed by atoms with Gasteiger partial charge in [0.05, 0.1) is 4.47 Å². The Balaban J connectivity index is 2.84.